The van der Waals surface area contributed by atoms with Crippen LogP contribution in [0.1, 0.15) is 32.6 Å². The molecule has 0 aliphatic carbocycles. The summed E-state index contributed by atoms with van der Waals surface area (Å²) in [4.78, 5) is 13.4. The number of ether oxygens (including phenoxy) is 1. The van der Waals surface area contributed by atoms with E-state index in [9.17, 15) is 23.1 Å². The van der Waals surface area contributed by atoms with E-state index < -0.39 is 18.2 Å². The Morgan fingerprint density at radius 1 is 1.40 bits per heavy atom. The van der Waals surface area contributed by atoms with E-state index in [1.54, 1.807) is 4.90 Å². The van der Waals surface area contributed by atoms with Crippen molar-refractivity contribution in [3.05, 3.63) is 0 Å². The lowest BCUT2D eigenvalue weighted by Gasteiger charge is -2.34. The van der Waals surface area contributed by atoms with Gasteiger partial charge in [-0.05, 0) is 32.1 Å². The number of carbonyl (C=O) groups excluding carboxylic acids is 1. The summed E-state index contributed by atoms with van der Waals surface area (Å²) in [5.74, 6) is -0.855. The topological polar surface area (TPSA) is 49.8 Å². The predicted molar refractivity (Wildman–Crippen MR) is 67.1 cm³/mol. The minimum atomic E-state index is -4.58. The minimum Gasteiger partial charge on any atom is -0.383 e. The van der Waals surface area contributed by atoms with Crippen molar-refractivity contribution in [2.24, 2.45) is 5.92 Å². The molecule has 0 saturated carbocycles. The highest BCUT2D eigenvalue weighted by Crippen LogP contribution is 2.31. The molecule has 1 saturated heterocycles. The molecular weight excluding hydrogens is 275 g/mol. The average Bonchev–Trinajstić information content (AvgIpc) is 2.41. The third kappa shape index (κ3) is 5.28. The summed E-state index contributed by atoms with van der Waals surface area (Å²) in [7, 11) is 0. The number of carbonyl (C=O) groups is 1. The Morgan fingerprint density at radius 3 is 2.50 bits per heavy atom. The first-order chi connectivity index (χ1) is 9.36. The summed E-state index contributed by atoms with van der Waals surface area (Å²) in [6.07, 6.45) is -5.49. The lowest BCUT2D eigenvalue weighted by molar-refractivity contribution is -0.222. The number of aliphatic hydroxyl groups is 1. The third-order valence-electron chi connectivity index (χ3n) is 3.56. The highest BCUT2D eigenvalue weighted by Gasteiger charge is 2.44. The molecule has 1 aliphatic rings. The van der Waals surface area contributed by atoms with Crippen molar-refractivity contribution in [3.63, 3.8) is 0 Å². The Labute approximate surface area is 116 Å². The van der Waals surface area contributed by atoms with E-state index >= 15 is 0 Å². The zero-order valence-electron chi connectivity index (χ0n) is 11.7. The number of piperidine rings is 1. The fourth-order valence-electron chi connectivity index (χ4n) is 2.36. The summed E-state index contributed by atoms with van der Waals surface area (Å²) < 4.78 is 42.3. The van der Waals surface area contributed by atoms with Gasteiger partial charge in [0.05, 0.1) is 0 Å². The Balaban J connectivity index is 2.29. The van der Waals surface area contributed by atoms with Crippen LogP contribution in [-0.2, 0) is 9.53 Å². The van der Waals surface area contributed by atoms with Gasteiger partial charge in [0.15, 0.2) is 6.10 Å². The molecule has 0 bridgehead atoms. The number of hydrogen-bond donors (Lipinski definition) is 1. The van der Waals surface area contributed by atoms with Gasteiger partial charge in [-0.2, -0.15) is 13.2 Å². The highest BCUT2D eigenvalue weighted by molar-refractivity contribution is 5.76. The number of nitrogens with zero attached hydrogens (tertiary/aromatic N) is 1. The number of aliphatic hydroxyl groups excluding tert-OH is 1. The van der Waals surface area contributed by atoms with Crippen molar-refractivity contribution >= 4 is 5.91 Å². The van der Waals surface area contributed by atoms with E-state index in [2.05, 4.69) is 0 Å². The first-order valence-corrected chi connectivity index (χ1v) is 6.96. The van der Waals surface area contributed by atoms with Gasteiger partial charge in [0.1, 0.15) is 0 Å². The van der Waals surface area contributed by atoms with Gasteiger partial charge in [0.25, 0.3) is 0 Å². The van der Waals surface area contributed by atoms with Crippen LogP contribution in [0.2, 0.25) is 0 Å². The summed E-state index contributed by atoms with van der Waals surface area (Å²) in [6, 6.07) is 0. The van der Waals surface area contributed by atoms with Gasteiger partial charge >= 0.3 is 6.18 Å². The zero-order chi connectivity index (χ0) is 15.2. The normalized spacial score (nSPS) is 19.1. The molecule has 1 aliphatic heterocycles. The second kappa shape index (κ2) is 7.83. The molecule has 1 fully saturated rings. The molecule has 4 nitrogen and oxygen atoms in total. The Bertz CT molecular complexity index is 302. The van der Waals surface area contributed by atoms with Crippen LogP contribution in [0.4, 0.5) is 13.2 Å². The van der Waals surface area contributed by atoms with Gasteiger partial charge < -0.3 is 14.7 Å². The number of amides is 1. The van der Waals surface area contributed by atoms with Crippen LogP contribution in [0.25, 0.3) is 0 Å². The molecule has 118 valence electrons. The SMILES string of the molecule is CCOCCCC(=O)N1CCC(C(O)C(F)(F)F)CC1. The first-order valence-electron chi connectivity index (χ1n) is 6.96. The molecule has 0 aromatic carbocycles. The van der Waals surface area contributed by atoms with Gasteiger partial charge in [-0.25, -0.2) is 0 Å². The van der Waals surface area contributed by atoms with Crippen molar-refractivity contribution in [3.8, 4) is 0 Å². The number of alkyl halides is 3. The molecular formula is C13H22F3NO3. The summed E-state index contributed by atoms with van der Waals surface area (Å²) >= 11 is 0. The molecule has 1 heterocycles. The summed E-state index contributed by atoms with van der Waals surface area (Å²) in [5.41, 5.74) is 0. The molecule has 1 atom stereocenters. The molecule has 20 heavy (non-hydrogen) atoms. The number of likely N-dealkylation sites (tertiary alicyclic amines) is 1. The lowest BCUT2D eigenvalue weighted by Crippen LogP contribution is -2.45. The summed E-state index contributed by atoms with van der Waals surface area (Å²) in [6.45, 7) is 3.56. The molecule has 0 aromatic rings. The van der Waals surface area contributed by atoms with E-state index in [0.29, 0.717) is 26.1 Å². The Kier molecular flexibility index (Phi) is 6.75. The largest absolute Gasteiger partial charge is 0.414 e. The maximum atomic E-state index is 12.4. The maximum absolute atomic E-state index is 12.4. The Hall–Kier alpha value is -0.820. The van der Waals surface area contributed by atoms with Gasteiger partial charge in [-0.15, -0.1) is 0 Å². The quantitative estimate of drug-likeness (QED) is 0.763. The van der Waals surface area contributed by atoms with E-state index in [-0.39, 0.29) is 31.8 Å². The van der Waals surface area contributed by atoms with Crippen molar-refractivity contribution in [2.45, 2.75) is 44.9 Å². The lowest BCUT2D eigenvalue weighted by atomic mass is 9.90. The molecule has 0 spiro atoms. The fourth-order valence-corrected chi connectivity index (χ4v) is 2.36. The van der Waals surface area contributed by atoms with Crippen LogP contribution >= 0.6 is 0 Å². The van der Waals surface area contributed by atoms with Crippen LogP contribution < -0.4 is 0 Å². The predicted octanol–water partition coefficient (Wildman–Crippen LogP) is 1.96. The van der Waals surface area contributed by atoms with Crippen LogP contribution in [0.3, 0.4) is 0 Å². The third-order valence-corrected chi connectivity index (χ3v) is 3.56. The van der Waals surface area contributed by atoms with Crippen molar-refractivity contribution in [1.82, 2.24) is 4.90 Å². The first kappa shape index (κ1) is 17.2. The maximum Gasteiger partial charge on any atom is 0.414 e. The van der Waals surface area contributed by atoms with Crippen molar-refractivity contribution in [1.29, 1.82) is 0 Å². The number of halogens is 3. The fraction of sp³-hybridized carbons (Fsp3) is 0.923. The van der Waals surface area contributed by atoms with Gasteiger partial charge in [-0.3, -0.25) is 4.79 Å². The van der Waals surface area contributed by atoms with E-state index in [1.807, 2.05) is 6.92 Å². The van der Waals surface area contributed by atoms with Crippen LogP contribution in [-0.4, -0.2) is 54.5 Å². The molecule has 0 radical (unpaired) electrons. The number of rotatable bonds is 6. The second-order valence-corrected chi connectivity index (χ2v) is 5.01. The molecule has 1 unspecified atom stereocenters. The van der Waals surface area contributed by atoms with Crippen molar-refractivity contribution < 1.29 is 27.8 Å². The molecule has 7 heteroatoms. The molecule has 1 N–H and O–H groups in total. The minimum absolute atomic E-state index is 0.0512. The van der Waals surface area contributed by atoms with E-state index in [4.69, 9.17) is 4.74 Å². The summed E-state index contributed by atoms with van der Waals surface area (Å²) in [5, 5.41) is 9.19. The van der Waals surface area contributed by atoms with Gasteiger partial charge in [0.2, 0.25) is 5.91 Å². The molecule has 0 aromatic heterocycles. The van der Waals surface area contributed by atoms with Gasteiger partial charge in [0, 0.05) is 32.7 Å². The van der Waals surface area contributed by atoms with Crippen molar-refractivity contribution in [2.75, 3.05) is 26.3 Å². The van der Waals surface area contributed by atoms with Crippen LogP contribution in [0, 0.1) is 5.92 Å². The molecule has 1 rings (SSSR count). The van der Waals surface area contributed by atoms with Gasteiger partial charge in [-0.1, -0.05) is 0 Å². The second-order valence-electron chi connectivity index (χ2n) is 5.01. The number of hydrogen-bond acceptors (Lipinski definition) is 3. The van der Waals surface area contributed by atoms with Crippen LogP contribution in [0.5, 0.6) is 0 Å². The van der Waals surface area contributed by atoms with E-state index in [1.165, 1.54) is 0 Å². The highest BCUT2D eigenvalue weighted by atomic mass is 19.4. The standard InChI is InChI=1S/C13H22F3NO3/c1-2-20-9-3-4-11(18)17-7-5-10(6-8-17)12(19)13(14,15)16/h10,12,19H,2-9H2,1H3. The zero-order valence-corrected chi connectivity index (χ0v) is 11.7. The Morgan fingerprint density at radius 2 is 2.00 bits per heavy atom. The smallest absolute Gasteiger partial charge is 0.383 e. The molecule has 1 amide bonds. The monoisotopic (exact) mass is 297 g/mol. The van der Waals surface area contributed by atoms with E-state index in [0.717, 1.165) is 0 Å². The van der Waals surface area contributed by atoms with Crippen LogP contribution in [0.15, 0.2) is 0 Å². The average molecular weight is 297 g/mol.